The van der Waals surface area contributed by atoms with Crippen LogP contribution in [0.25, 0.3) is 0 Å². The van der Waals surface area contributed by atoms with E-state index in [0.717, 1.165) is 12.8 Å². The molecular weight excluding hydrogens is 268 g/mol. The highest BCUT2D eigenvalue weighted by atomic mass is 19.1. The molecule has 0 heterocycles. The molecule has 0 aliphatic carbocycles. The number of rotatable bonds is 5. The summed E-state index contributed by atoms with van der Waals surface area (Å²) in [6.07, 6.45) is 1.70. The van der Waals surface area contributed by atoms with E-state index in [0.29, 0.717) is 5.56 Å². The molecule has 0 spiro atoms. The second kappa shape index (κ2) is 6.70. The zero-order valence-electron chi connectivity index (χ0n) is 12.7. The highest BCUT2D eigenvalue weighted by Gasteiger charge is 2.13. The predicted molar refractivity (Wildman–Crippen MR) is 83.7 cm³/mol. The monoisotopic (exact) mass is 289 g/mol. The van der Waals surface area contributed by atoms with Gasteiger partial charge in [-0.1, -0.05) is 35.9 Å². The first-order valence-corrected chi connectivity index (χ1v) is 7.24. The summed E-state index contributed by atoms with van der Waals surface area (Å²) in [6.45, 7) is 5.64. The fourth-order valence-electron chi connectivity index (χ4n) is 2.36. The minimum Gasteiger partial charge on any atom is -0.378 e. The first-order valence-electron chi connectivity index (χ1n) is 7.24. The summed E-state index contributed by atoms with van der Waals surface area (Å²) in [6, 6.07) is 11.1. The van der Waals surface area contributed by atoms with Crippen LogP contribution in [0, 0.1) is 25.5 Å². The number of hydrogen-bond acceptors (Lipinski definition) is 1. The molecule has 0 aliphatic rings. The quantitative estimate of drug-likeness (QED) is 0.815. The third kappa shape index (κ3) is 4.03. The molecule has 0 amide bonds. The lowest BCUT2D eigenvalue weighted by molar-refractivity contribution is 0.574. The summed E-state index contributed by atoms with van der Waals surface area (Å²) in [5.41, 5.74) is 2.90. The average Bonchev–Trinajstić information content (AvgIpc) is 2.46. The van der Waals surface area contributed by atoms with Crippen molar-refractivity contribution < 1.29 is 8.78 Å². The van der Waals surface area contributed by atoms with Crippen LogP contribution in [0.3, 0.4) is 0 Å². The predicted octanol–water partition coefficient (Wildman–Crippen LogP) is 5.01. The lowest BCUT2D eigenvalue weighted by Crippen LogP contribution is -2.18. The second-order valence-corrected chi connectivity index (χ2v) is 5.63. The summed E-state index contributed by atoms with van der Waals surface area (Å²) in [7, 11) is 0. The Labute approximate surface area is 125 Å². The highest BCUT2D eigenvalue weighted by molar-refractivity contribution is 5.49. The molecule has 3 heteroatoms. The molecule has 2 aromatic carbocycles. The number of benzene rings is 2. The number of nitrogens with one attached hydrogen (secondary N) is 1. The SMILES string of the molecule is Cc1cccc(CCC(C)Nc2c(F)ccc(C)c2F)c1. The van der Waals surface area contributed by atoms with Gasteiger partial charge < -0.3 is 5.32 Å². The van der Waals surface area contributed by atoms with Gasteiger partial charge in [-0.15, -0.1) is 0 Å². The zero-order chi connectivity index (χ0) is 15.4. The first kappa shape index (κ1) is 15.5. The Morgan fingerprint density at radius 3 is 2.57 bits per heavy atom. The van der Waals surface area contributed by atoms with E-state index in [9.17, 15) is 8.78 Å². The van der Waals surface area contributed by atoms with Gasteiger partial charge in [0.15, 0.2) is 5.82 Å². The standard InChI is InChI=1S/C18H21F2N/c1-12-5-4-6-15(11-12)9-8-14(3)21-18-16(19)10-7-13(2)17(18)20/h4-7,10-11,14,21H,8-9H2,1-3H3. The Hall–Kier alpha value is -1.90. The van der Waals surface area contributed by atoms with Crippen molar-refractivity contribution in [2.75, 3.05) is 5.32 Å². The van der Waals surface area contributed by atoms with Gasteiger partial charge in [-0.25, -0.2) is 8.78 Å². The molecule has 0 aliphatic heterocycles. The second-order valence-electron chi connectivity index (χ2n) is 5.63. The molecule has 0 fully saturated rings. The molecule has 0 aromatic heterocycles. The topological polar surface area (TPSA) is 12.0 Å². The molecular formula is C18H21F2N. The van der Waals surface area contributed by atoms with Crippen LogP contribution in [0.1, 0.15) is 30.0 Å². The van der Waals surface area contributed by atoms with E-state index >= 15 is 0 Å². The van der Waals surface area contributed by atoms with E-state index in [1.807, 2.05) is 13.0 Å². The van der Waals surface area contributed by atoms with Crippen LogP contribution in [0.5, 0.6) is 0 Å². The third-order valence-corrected chi connectivity index (χ3v) is 3.62. The van der Waals surface area contributed by atoms with Gasteiger partial charge in [0.25, 0.3) is 0 Å². The summed E-state index contributed by atoms with van der Waals surface area (Å²) in [5.74, 6) is -1.04. The average molecular weight is 289 g/mol. The minimum atomic E-state index is -0.541. The maximum absolute atomic E-state index is 13.9. The van der Waals surface area contributed by atoms with Crippen molar-refractivity contribution in [3.8, 4) is 0 Å². The van der Waals surface area contributed by atoms with Gasteiger partial charge in [0.1, 0.15) is 11.5 Å². The maximum Gasteiger partial charge on any atom is 0.152 e. The van der Waals surface area contributed by atoms with Crippen molar-refractivity contribution in [1.82, 2.24) is 0 Å². The van der Waals surface area contributed by atoms with Gasteiger partial charge in [0, 0.05) is 6.04 Å². The Morgan fingerprint density at radius 2 is 1.86 bits per heavy atom. The summed E-state index contributed by atoms with van der Waals surface area (Å²) < 4.78 is 27.6. The van der Waals surface area contributed by atoms with E-state index in [2.05, 4.69) is 30.4 Å². The minimum absolute atomic E-state index is 0.00341. The number of hydrogen-bond donors (Lipinski definition) is 1. The van der Waals surface area contributed by atoms with E-state index in [-0.39, 0.29) is 11.7 Å². The van der Waals surface area contributed by atoms with Gasteiger partial charge in [-0.3, -0.25) is 0 Å². The van der Waals surface area contributed by atoms with E-state index in [1.54, 1.807) is 6.92 Å². The van der Waals surface area contributed by atoms with Crippen LogP contribution in [0.2, 0.25) is 0 Å². The molecule has 1 N–H and O–H groups in total. The fourth-order valence-corrected chi connectivity index (χ4v) is 2.36. The molecule has 1 unspecified atom stereocenters. The smallest absolute Gasteiger partial charge is 0.152 e. The van der Waals surface area contributed by atoms with Crippen molar-refractivity contribution in [3.63, 3.8) is 0 Å². The van der Waals surface area contributed by atoms with Crippen molar-refractivity contribution >= 4 is 5.69 Å². The molecule has 0 saturated heterocycles. The Balaban J connectivity index is 1.99. The van der Waals surface area contributed by atoms with Crippen molar-refractivity contribution in [2.24, 2.45) is 0 Å². The summed E-state index contributed by atoms with van der Waals surface area (Å²) in [5, 5.41) is 2.95. The molecule has 0 radical (unpaired) electrons. The number of anilines is 1. The molecule has 2 rings (SSSR count). The number of aryl methyl sites for hydroxylation is 3. The molecule has 0 saturated carbocycles. The van der Waals surface area contributed by atoms with Crippen molar-refractivity contribution in [1.29, 1.82) is 0 Å². The van der Waals surface area contributed by atoms with E-state index < -0.39 is 11.6 Å². The third-order valence-electron chi connectivity index (χ3n) is 3.62. The molecule has 1 nitrogen and oxygen atoms in total. The zero-order valence-corrected chi connectivity index (χ0v) is 12.7. The molecule has 2 aromatic rings. The maximum atomic E-state index is 13.9. The molecule has 21 heavy (non-hydrogen) atoms. The molecule has 112 valence electrons. The van der Waals surface area contributed by atoms with Crippen molar-refractivity contribution in [3.05, 3.63) is 64.7 Å². The Bertz CT molecular complexity index is 623. The van der Waals surface area contributed by atoms with Crippen molar-refractivity contribution in [2.45, 2.75) is 39.7 Å². The van der Waals surface area contributed by atoms with Gasteiger partial charge in [-0.05, 0) is 50.8 Å². The van der Waals surface area contributed by atoms with Crippen LogP contribution in [-0.4, -0.2) is 6.04 Å². The summed E-state index contributed by atoms with van der Waals surface area (Å²) >= 11 is 0. The molecule has 0 bridgehead atoms. The van der Waals surface area contributed by atoms with Gasteiger partial charge in [0.05, 0.1) is 0 Å². The Morgan fingerprint density at radius 1 is 1.10 bits per heavy atom. The van der Waals surface area contributed by atoms with Gasteiger partial charge in [0.2, 0.25) is 0 Å². The van der Waals surface area contributed by atoms with Crippen LogP contribution < -0.4 is 5.32 Å². The van der Waals surface area contributed by atoms with Crippen LogP contribution in [0.4, 0.5) is 14.5 Å². The first-order chi connectivity index (χ1) is 9.97. The van der Waals surface area contributed by atoms with Crippen LogP contribution >= 0.6 is 0 Å². The lowest BCUT2D eigenvalue weighted by Gasteiger charge is -2.17. The van der Waals surface area contributed by atoms with Crippen LogP contribution in [0.15, 0.2) is 36.4 Å². The van der Waals surface area contributed by atoms with E-state index in [4.69, 9.17) is 0 Å². The normalized spacial score (nSPS) is 12.2. The molecule has 1 atom stereocenters. The number of halogens is 2. The van der Waals surface area contributed by atoms with Crippen LogP contribution in [-0.2, 0) is 6.42 Å². The fraction of sp³-hybridized carbons (Fsp3) is 0.333. The summed E-state index contributed by atoms with van der Waals surface area (Å²) in [4.78, 5) is 0. The highest BCUT2D eigenvalue weighted by Crippen LogP contribution is 2.23. The van der Waals surface area contributed by atoms with Gasteiger partial charge >= 0.3 is 0 Å². The Kier molecular flexibility index (Phi) is 4.94. The van der Waals surface area contributed by atoms with E-state index in [1.165, 1.54) is 23.3 Å². The van der Waals surface area contributed by atoms with Gasteiger partial charge in [-0.2, -0.15) is 0 Å². The lowest BCUT2D eigenvalue weighted by atomic mass is 10.0. The largest absolute Gasteiger partial charge is 0.378 e.